The molecule has 2 heterocycles. The third-order valence-corrected chi connectivity index (χ3v) is 18.8. The number of furan rings is 1. The van der Waals surface area contributed by atoms with E-state index in [1.807, 2.05) is 12.1 Å². The fraction of sp³-hybridized carbons (Fsp3) is 0.0244. The van der Waals surface area contributed by atoms with Gasteiger partial charge in [-0.15, -0.1) is 0 Å². The number of benzene rings is 14. The SMILES string of the molecule is c1ccc(C2(c3ccccc3)c3ccccc3-c3ccc(N(c4ccc(-c5ccc6oc7ccccc7c6c5)cc4)c4ccc(-c5cccc6c5-c5ccccc5C65c6ccc7ccccc7c6Oc6c5ccc5ccccc65)cc4)cc32)cc1. The van der Waals surface area contributed by atoms with Crippen LogP contribution in [0.4, 0.5) is 17.1 Å². The largest absolute Gasteiger partial charge is 0.456 e. The van der Waals surface area contributed by atoms with Crippen LogP contribution in [0.15, 0.2) is 314 Å². The van der Waals surface area contributed by atoms with Crippen molar-refractivity contribution in [2.24, 2.45) is 0 Å². The predicted molar refractivity (Wildman–Crippen MR) is 349 cm³/mol. The van der Waals surface area contributed by atoms with Gasteiger partial charge in [-0.1, -0.05) is 255 Å². The lowest BCUT2D eigenvalue weighted by atomic mass is 9.65. The molecule has 15 aromatic rings. The summed E-state index contributed by atoms with van der Waals surface area (Å²) in [4.78, 5) is 2.44. The predicted octanol–water partition coefficient (Wildman–Crippen LogP) is 21.5. The molecule has 0 saturated heterocycles. The zero-order valence-corrected chi connectivity index (χ0v) is 46.2. The van der Waals surface area contributed by atoms with Gasteiger partial charge in [0.25, 0.3) is 0 Å². The van der Waals surface area contributed by atoms with Crippen LogP contribution in [0.2, 0.25) is 0 Å². The van der Waals surface area contributed by atoms with Gasteiger partial charge in [-0.25, -0.2) is 0 Å². The molecule has 3 heteroatoms. The van der Waals surface area contributed by atoms with Crippen molar-refractivity contribution >= 4 is 60.5 Å². The van der Waals surface area contributed by atoms with Gasteiger partial charge in [0, 0.05) is 49.7 Å². The third kappa shape index (κ3) is 6.72. The van der Waals surface area contributed by atoms with Crippen molar-refractivity contribution in [3.8, 4) is 56.0 Å². The molecule has 0 bridgehead atoms. The standard InChI is InChI=1S/C82H51NO2/c1-3-20-57(21-4-1)81(58-22-5-2-6-23-58)70-30-14-11-26-65(70)66-46-45-61(51-75(66)81)83(59-41-34-52(35-42-59)56-40-49-77-69(50-56)67-27-13-16-33-76(67)84-77)60-43-36-55(37-44-60)62-29-17-32-72-78(62)68-28-12-15-31-71(68)82(72)73-47-38-53-18-7-9-24-63(53)79(73)85-80-64-25-10-8-19-54(64)39-48-74(80)82/h1-51H. The van der Waals surface area contributed by atoms with Crippen molar-refractivity contribution in [1.29, 1.82) is 0 Å². The molecule has 0 atom stereocenters. The van der Waals surface area contributed by atoms with E-state index in [-0.39, 0.29) is 0 Å². The van der Waals surface area contributed by atoms with E-state index in [9.17, 15) is 0 Å². The van der Waals surface area contributed by atoms with E-state index in [1.165, 1.54) is 61.2 Å². The Morgan fingerprint density at radius 3 is 1.42 bits per heavy atom. The average Bonchev–Trinajstić information content (AvgIpc) is 1.69. The summed E-state index contributed by atoms with van der Waals surface area (Å²) in [6.07, 6.45) is 0. The molecule has 3 nitrogen and oxygen atoms in total. The zero-order valence-electron chi connectivity index (χ0n) is 46.2. The van der Waals surface area contributed by atoms with Crippen LogP contribution >= 0.6 is 0 Å². The summed E-state index contributed by atoms with van der Waals surface area (Å²) in [5.41, 5.74) is 23.2. The van der Waals surface area contributed by atoms with E-state index in [2.05, 4.69) is 302 Å². The zero-order chi connectivity index (χ0) is 55.8. The van der Waals surface area contributed by atoms with Crippen LogP contribution in [0.3, 0.4) is 0 Å². The van der Waals surface area contributed by atoms with Gasteiger partial charge in [-0.05, 0) is 143 Å². The number of ether oxygens (including phenoxy) is 1. The Kier molecular flexibility index (Phi) is 10.2. The second kappa shape index (κ2) is 18.2. The van der Waals surface area contributed by atoms with Gasteiger partial charge in [0.15, 0.2) is 0 Å². The highest BCUT2D eigenvalue weighted by molar-refractivity contribution is 6.07. The second-order valence-electron chi connectivity index (χ2n) is 22.9. The van der Waals surface area contributed by atoms with Gasteiger partial charge >= 0.3 is 0 Å². The number of fused-ring (bicyclic) bond motifs is 19. The number of hydrogen-bond donors (Lipinski definition) is 0. The Bertz CT molecular complexity index is 5090. The number of rotatable bonds is 7. The molecule has 1 aliphatic heterocycles. The maximum Gasteiger partial charge on any atom is 0.140 e. The van der Waals surface area contributed by atoms with Crippen LogP contribution in [0.1, 0.15) is 44.5 Å². The molecular formula is C82H51NO2. The first-order valence-electron chi connectivity index (χ1n) is 29.4. The Hall–Kier alpha value is -11.0. The maximum atomic E-state index is 7.29. The normalized spacial score (nSPS) is 13.7. The van der Waals surface area contributed by atoms with Crippen LogP contribution in [-0.2, 0) is 10.8 Å². The Balaban J connectivity index is 0.821. The molecule has 18 rings (SSSR count). The molecule has 0 radical (unpaired) electrons. The van der Waals surface area contributed by atoms with Crippen LogP contribution in [-0.4, -0.2) is 0 Å². The molecule has 0 saturated carbocycles. The lowest BCUT2D eigenvalue weighted by Gasteiger charge is -2.40. The third-order valence-electron chi connectivity index (χ3n) is 18.8. The van der Waals surface area contributed by atoms with Crippen LogP contribution in [0, 0.1) is 0 Å². The van der Waals surface area contributed by atoms with E-state index in [0.29, 0.717) is 0 Å². The molecule has 1 spiro atoms. The van der Waals surface area contributed by atoms with Crippen LogP contribution in [0.5, 0.6) is 11.5 Å². The molecule has 0 unspecified atom stereocenters. The van der Waals surface area contributed by atoms with Crippen molar-refractivity contribution in [3.05, 3.63) is 354 Å². The lowest BCUT2D eigenvalue weighted by Crippen LogP contribution is -2.32. The van der Waals surface area contributed by atoms with Gasteiger partial charge in [0.2, 0.25) is 0 Å². The van der Waals surface area contributed by atoms with Gasteiger partial charge in [-0.3, -0.25) is 0 Å². The van der Waals surface area contributed by atoms with Crippen molar-refractivity contribution in [2.75, 3.05) is 4.90 Å². The minimum atomic E-state index is -0.651. The first-order valence-corrected chi connectivity index (χ1v) is 29.4. The van der Waals surface area contributed by atoms with Gasteiger partial charge in [-0.2, -0.15) is 0 Å². The Labute approximate surface area is 492 Å². The highest BCUT2D eigenvalue weighted by Crippen LogP contribution is 2.65. The molecule has 0 amide bonds. The van der Waals surface area contributed by atoms with Crippen LogP contribution < -0.4 is 9.64 Å². The van der Waals surface area contributed by atoms with Crippen molar-refractivity contribution in [3.63, 3.8) is 0 Å². The fourth-order valence-corrected chi connectivity index (χ4v) is 15.2. The van der Waals surface area contributed by atoms with E-state index in [0.717, 1.165) is 99.9 Å². The van der Waals surface area contributed by atoms with Crippen molar-refractivity contribution in [2.45, 2.75) is 10.8 Å². The summed E-state index contributed by atoms with van der Waals surface area (Å²) in [5.74, 6) is 1.83. The van der Waals surface area contributed by atoms with E-state index in [4.69, 9.17) is 9.15 Å². The average molecular weight is 1080 g/mol. The van der Waals surface area contributed by atoms with Gasteiger partial charge < -0.3 is 14.1 Å². The van der Waals surface area contributed by atoms with E-state index < -0.39 is 10.8 Å². The number of para-hydroxylation sites is 1. The summed E-state index contributed by atoms with van der Waals surface area (Å²) in [6.45, 7) is 0. The number of nitrogens with zero attached hydrogens (tertiary/aromatic N) is 1. The van der Waals surface area contributed by atoms with Gasteiger partial charge in [0.1, 0.15) is 22.7 Å². The van der Waals surface area contributed by atoms with Crippen molar-refractivity contribution < 1.29 is 9.15 Å². The minimum absolute atomic E-state index is 0.563. The molecular weight excluding hydrogens is 1030 g/mol. The quantitative estimate of drug-likeness (QED) is 0.159. The van der Waals surface area contributed by atoms with Crippen molar-refractivity contribution in [1.82, 2.24) is 0 Å². The Morgan fingerprint density at radius 1 is 0.259 bits per heavy atom. The molecule has 14 aromatic carbocycles. The summed E-state index contributed by atoms with van der Waals surface area (Å²) in [6, 6.07) is 114. The monoisotopic (exact) mass is 1080 g/mol. The molecule has 2 aliphatic carbocycles. The molecule has 0 N–H and O–H groups in total. The first-order chi connectivity index (χ1) is 42.1. The van der Waals surface area contributed by atoms with Gasteiger partial charge in [0.05, 0.1) is 10.8 Å². The number of hydrogen-bond acceptors (Lipinski definition) is 3. The Morgan fingerprint density at radius 2 is 0.753 bits per heavy atom. The second-order valence-corrected chi connectivity index (χ2v) is 22.9. The maximum absolute atomic E-state index is 7.29. The minimum Gasteiger partial charge on any atom is -0.456 e. The highest BCUT2D eigenvalue weighted by atomic mass is 16.5. The summed E-state index contributed by atoms with van der Waals surface area (Å²) in [7, 11) is 0. The molecule has 396 valence electrons. The topological polar surface area (TPSA) is 25.6 Å². The molecule has 3 aliphatic rings. The first kappa shape index (κ1) is 47.6. The number of anilines is 3. The smallest absolute Gasteiger partial charge is 0.140 e. The molecule has 85 heavy (non-hydrogen) atoms. The van der Waals surface area contributed by atoms with Crippen LogP contribution in [0.25, 0.3) is 88.0 Å². The molecule has 1 aromatic heterocycles. The molecule has 0 fully saturated rings. The highest BCUT2D eigenvalue weighted by Gasteiger charge is 2.52. The van der Waals surface area contributed by atoms with E-state index in [1.54, 1.807) is 0 Å². The summed E-state index contributed by atoms with van der Waals surface area (Å²) in [5, 5.41) is 6.77. The fourth-order valence-electron chi connectivity index (χ4n) is 15.2. The van der Waals surface area contributed by atoms with E-state index >= 15 is 0 Å². The summed E-state index contributed by atoms with van der Waals surface area (Å²) >= 11 is 0. The lowest BCUT2D eigenvalue weighted by molar-refractivity contribution is 0.447. The summed E-state index contributed by atoms with van der Waals surface area (Å²) < 4.78 is 13.5.